The zero-order valence-corrected chi connectivity index (χ0v) is 17.4. The molecule has 2 atom stereocenters. The molecule has 1 aromatic carbocycles. The zero-order chi connectivity index (χ0) is 21.8. The largest absolute Gasteiger partial charge is 0.452 e. The van der Waals surface area contributed by atoms with E-state index in [-0.39, 0.29) is 41.4 Å². The Morgan fingerprint density at radius 3 is 2.43 bits per heavy atom. The second kappa shape index (κ2) is 9.36. The first-order valence-electron chi connectivity index (χ1n) is 9.91. The van der Waals surface area contributed by atoms with Crippen LogP contribution in [-0.2, 0) is 19.0 Å². The first-order chi connectivity index (χ1) is 14.3. The standard InChI is InChI=1S/C21H26N2O7/c1-13-10-22(11-14(2)30-13)18(24)12-29-21(27)15-5-6-16-17(9-15)20(26)23(19(16)25)7-4-8-28-3/h5-6,9,13-14H,4,7-8,10-12H2,1-3H3/t13-,14-/m1/s1. The Bertz CT molecular complexity index is 844. The van der Waals surface area contributed by atoms with Gasteiger partial charge in [-0.3, -0.25) is 19.3 Å². The maximum atomic E-state index is 12.5. The number of benzene rings is 1. The van der Waals surface area contributed by atoms with Crippen LogP contribution in [0.5, 0.6) is 0 Å². The van der Waals surface area contributed by atoms with E-state index in [9.17, 15) is 19.2 Å². The average molecular weight is 418 g/mol. The Morgan fingerprint density at radius 2 is 1.77 bits per heavy atom. The van der Waals surface area contributed by atoms with Crippen molar-refractivity contribution in [3.05, 3.63) is 34.9 Å². The minimum atomic E-state index is -0.724. The highest BCUT2D eigenvalue weighted by Gasteiger charge is 2.36. The lowest BCUT2D eigenvalue weighted by molar-refractivity contribution is -0.146. The molecule has 0 unspecified atom stereocenters. The SMILES string of the molecule is COCCCN1C(=O)c2ccc(C(=O)OCC(=O)N3C[C@@H](C)O[C@H](C)C3)cc2C1=O. The number of imide groups is 1. The van der Waals surface area contributed by atoms with Crippen LogP contribution in [-0.4, -0.2) is 85.7 Å². The quantitative estimate of drug-likeness (QED) is 0.371. The zero-order valence-electron chi connectivity index (χ0n) is 17.4. The normalized spacial score (nSPS) is 21.0. The number of hydrogen-bond donors (Lipinski definition) is 0. The third-order valence-electron chi connectivity index (χ3n) is 5.04. The summed E-state index contributed by atoms with van der Waals surface area (Å²) in [7, 11) is 1.55. The average Bonchev–Trinajstić information content (AvgIpc) is 2.95. The highest BCUT2D eigenvalue weighted by Crippen LogP contribution is 2.24. The summed E-state index contributed by atoms with van der Waals surface area (Å²) < 4.78 is 15.7. The fourth-order valence-electron chi connectivity index (χ4n) is 3.67. The number of hydrogen-bond acceptors (Lipinski definition) is 7. The Kier molecular flexibility index (Phi) is 6.84. The van der Waals surface area contributed by atoms with Crippen LogP contribution in [0.4, 0.5) is 0 Å². The summed E-state index contributed by atoms with van der Waals surface area (Å²) in [5.74, 6) is -1.87. The van der Waals surface area contributed by atoms with Crippen molar-refractivity contribution in [3.63, 3.8) is 0 Å². The van der Waals surface area contributed by atoms with Gasteiger partial charge in [0, 0.05) is 33.4 Å². The molecular weight excluding hydrogens is 392 g/mol. The molecule has 2 heterocycles. The molecule has 30 heavy (non-hydrogen) atoms. The molecule has 0 radical (unpaired) electrons. The van der Waals surface area contributed by atoms with Gasteiger partial charge in [0.1, 0.15) is 0 Å². The van der Waals surface area contributed by atoms with Gasteiger partial charge in [0.05, 0.1) is 28.9 Å². The van der Waals surface area contributed by atoms with Crippen LogP contribution in [0.15, 0.2) is 18.2 Å². The molecule has 1 fully saturated rings. The molecule has 0 saturated carbocycles. The summed E-state index contributed by atoms with van der Waals surface area (Å²) in [5.41, 5.74) is 0.528. The van der Waals surface area contributed by atoms with Crippen LogP contribution in [0.3, 0.4) is 0 Å². The molecule has 2 aliphatic heterocycles. The Labute approximate surface area is 174 Å². The van der Waals surface area contributed by atoms with E-state index in [1.165, 1.54) is 18.2 Å². The number of rotatable bonds is 7. The van der Waals surface area contributed by atoms with E-state index in [0.717, 1.165) is 4.90 Å². The molecule has 3 amide bonds. The van der Waals surface area contributed by atoms with E-state index in [0.29, 0.717) is 26.1 Å². The fraction of sp³-hybridized carbons (Fsp3) is 0.524. The van der Waals surface area contributed by atoms with Crippen molar-refractivity contribution in [2.75, 3.05) is 40.0 Å². The summed E-state index contributed by atoms with van der Waals surface area (Å²) in [6.07, 6.45) is 0.360. The van der Waals surface area contributed by atoms with Crippen LogP contribution in [0.2, 0.25) is 0 Å². The predicted molar refractivity (Wildman–Crippen MR) is 105 cm³/mol. The molecule has 0 aliphatic carbocycles. The molecule has 0 N–H and O–H groups in total. The van der Waals surface area contributed by atoms with Crippen molar-refractivity contribution in [2.45, 2.75) is 32.5 Å². The van der Waals surface area contributed by atoms with Gasteiger partial charge in [-0.1, -0.05) is 0 Å². The smallest absolute Gasteiger partial charge is 0.338 e. The Balaban J connectivity index is 1.61. The van der Waals surface area contributed by atoms with Crippen molar-refractivity contribution in [1.29, 1.82) is 0 Å². The van der Waals surface area contributed by atoms with E-state index in [1.54, 1.807) is 12.0 Å². The summed E-state index contributed by atoms with van der Waals surface area (Å²) in [4.78, 5) is 52.5. The number of methoxy groups -OCH3 is 1. The minimum Gasteiger partial charge on any atom is -0.452 e. The number of morpholine rings is 1. The minimum absolute atomic E-state index is 0.0829. The third-order valence-corrected chi connectivity index (χ3v) is 5.04. The summed E-state index contributed by atoms with van der Waals surface area (Å²) >= 11 is 0. The molecule has 0 bridgehead atoms. The lowest BCUT2D eigenvalue weighted by atomic mass is 10.1. The number of carbonyl (C=O) groups excluding carboxylic acids is 4. The van der Waals surface area contributed by atoms with E-state index >= 15 is 0 Å². The van der Waals surface area contributed by atoms with Gasteiger partial charge in [-0.25, -0.2) is 4.79 Å². The van der Waals surface area contributed by atoms with Gasteiger partial charge in [-0.2, -0.15) is 0 Å². The molecule has 2 aliphatic rings. The van der Waals surface area contributed by atoms with Gasteiger partial charge in [0.15, 0.2) is 6.61 Å². The lowest BCUT2D eigenvalue weighted by Crippen LogP contribution is -2.49. The fourth-order valence-corrected chi connectivity index (χ4v) is 3.67. The molecular formula is C21H26N2O7. The summed E-state index contributed by atoms with van der Waals surface area (Å²) in [5, 5.41) is 0. The summed E-state index contributed by atoms with van der Waals surface area (Å²) in [6.45, 7) is 4.91. The van der Waals surface area contributed by atoms with Gasteiger partial charge in [0.25, 0.3) is 17.7 Å². The van der Waals surface area contributed by atoms with Crippen LogP contribution in [0.1, 0.15) is 51.3 Å². The van der Waals surface area contributed by atoms with Gasteiger partial charge in [-0.15, -0.1) is 0 Å². The second-order valence-electron chi connectivity index (χ2n) is 7.50. The van der Waals surface area contributed by atoms with Crippen molar-refractivity contribution < 1.29 is 33.4 Å². The van der Waals surface area contributed by atoms with Crippen molar-refractivity contribution in [1.82, 2.24) is 9.80 Å². The first kappa shape index (κ1) is 21.9. The van der Waals surface area contributed by atoms with Crippen LogP contribution >= 0.6 is 0 Å². The monoisotopic (exact) mass is 418 g/mol. The number of carbonyl (C=O) groups is 4. The molecule has 162 valence electrons. The Hall–Kier alpha value is -2.78. The van der Waals surface area contributed by atoms with E-state index in [4.69, 9.17) is 14.2 Å². The molecule has 9 heteroatoms. The predicted octanol–water partition coefficient (Wildman–Crippen LogP) is 1.11. The topological polar surface area (TPSA) is 102 Å². The molecule has 9 nitrogen and oxygen atoms in total. The van der Waals surface area contributed by atoms with Crippen LogP contribution in [0.25, 0.3) is 0 Å². The number of esters is 1. The number of nitrogens with zero attached hydrogens (tertiary/aromatic N) is 2. The first-order valence-corrected chi connectivity index (χ1v) is 9.91. The number of ether oxygens (including phenoxy) is 3. The van der Waals surface area contributed by atoms with Crippen molar-refractivity contribution >= 4 is 23.7 Å². The van der Waals surface area contributed by atoms with Gasteiger partial charge in [0.2, 0.25) is 0 Å². The number of fused-ring (bicyclic) bond motifs is 1. The highest BCUT2D eigenvalue weighted by atomic mass is 16.5. The Morgan fingerprint density at radius 1 is 1.10 bits per heavy atom. The molecule has 1 aromatic rings. The maximum Gasteiger partial charge on any atom is 0.338 e. The molecule has 1 saturated heterocycles. The molecule has 0 aromatic heterocycles. The van der Waals surface area contributed by atoms with Gasteiger partial charge < -0.3 is 19.1 Å². The van der Waals surface area contributed by atoms with Crippen LogP contribution < -0.4 is 0 Å². The van der Waals surface area contributed by atoms with E-state index in [2.05, 4.69) is 0 Å². The van der Waals surface area contributed by atoms with Crippen molar-refractivity contribution in [2.24, 2.45) is 0 Å². The van der Waals surface area contributed by atoms with E-state index in [1.807, 2.05) is 13.8 Å². The van der Waals surface area contributed by atoms with Gasteiger partial charge >= 0.3 is 5.97 Å². The third kappa shape index (κ3) is 4.68. The number of amides is 3. The maximum absolute atomic E-state index is 12.5. The molecule has 0 spiro atoms. The second-order valence-corrected chi connectivity index (χ2v) is 7.50. The summed E-state index contributed by atoms with van der Waals surface area (Å²) in [6, 6.07) is 4.21. The van der Waals surface area contributed by atoms with Crippen molar-refractivity contribution in [3.8, 4) is 0 Å². The van der Waals surface area contributed by atoms with Gasteiger partial charge in [-0.05, 0) is 38.5 Å². The molecule has 3 rings (SSSR count). The lowest BCUT2D eigenvalue weighted by Gasteiger charge is -2.35. The van der Waals surface area contributed by atoms with E-state index < -0.39 is 24.4 Å². The highest BCUT2D eigenvalue weighted by molar-refractivity contribution is 6.21. The van der Waals surface area contributed by atoms with Crippen LogP contribution in [0, 0.1) is 0 Å².